The van der Waals surface area contributed by atoms with Gasteiger partial charge in [-0.1, -0.05) is 17.7 Å². The molecule has 0 radical (unpaired) electrons. The smallest absolute Gasteiger partial charge is 0.414 e. The number of aliphatic carboxylic acids is 4. The van der Waals surface area contributed by atoms with Gasteiger partial charge in [0, 0.05) is 18.9 Å². The molecule has 0 aromatic carbocycles. The highest BCUT2D eigenvalue weighted by Crippen LogP contribution is 2.32. The van der Waals surface area contributed by atoms with Crippen molar-refractivity contribution in [3.8, 4) is 0 Å². The first-order valence-corrected chi connectivity index (χ1v) is 7.96. The lowest BCUT2D eigenvalue weighted by molar-refractivity contribution is -0.159. The Morgan fingerprint density at radius 3 is 1.81 bits per heavy atom. The van der Waals surface area contributed by atoms with E-state index in [2.05, 4.69) is 22.0 Å². The molecular formula is C17H20N2O8. The Morgan fingerprint density at radius 2 is 1.48 bits per heavy atom. The number of nitrogens with zero attached hydrogens (tertiary/aromatic N) is 2. The summed E-state index contributed by atoms with van der Waals surface area (Å²) in [5.41, 5.74) is 2.86. The van der Waals surface area contributed by atoms with Crippen molar-refractivity contribution in [2.45, 2.75) is 12.8 Å². The molecule has 3 aliphatic rings. The molecular weight excluding hydrogens is 360 g/mol. The molecule has 3 fully saturated rings. The average molecular weight is 380 g/mol. The van der Waals surface area contributed by atoms with E-state index < -0.39 is 23.9 Å². The van der Waals surface area contributed by atoms with E-state index in [-0.39, 0.29) is 0 Å². The largest absolute Gasteiger partial charge is 0.473 e. The monoisotopic (exact) mass is 380 g/mol. The minimum Gasteiger partial charge on any atom is -0.473 e. The summed E-state index contributed by atoms with van der Waals surface area (Å²) < 4.78 is 0. The molecule has 4 rings (SSSR count). The number of hydrogen-bond acceptors (Lipinski definition) is 6. The van der Waals surface area contributed by atoms with E-state index in [4.69, 9.17) is 39.6 Å². The van der Waals surface area contributed by atoms with E-state index in [1.165, 1.54) is 38.0 Å². The fourth-order valence-corrected chi connectivity index (χ4v) is 2.69. The van der Waals surface area contributed by atoms with Gasteiger partial charge in [0.2, 0.25) is 0 Å². The first-order valence-electron chi connectivity index (χ1n) is 7.96. The third-order valence-corrected chi connectivity index (χ3v) is 3.92. The van der Waals surface area contributed by atoms with Crippen LogP contribution in [0.5, 0.6) is 0 Å². The van der Waals surface area contributed by atoms with Crippen molar-refractivity contribution in [2.75, 3.05) is 19.6 Å². The summed E-state index contributed by atoms with van der Waals surface area (Å²) in [6, 6.07) is 4.14. The predicted molar refractivity (Wildman–Crippen MR) is 91.9 cm³/mol. The zero-order valence-electron chi connectivity index (χ0n) is 14.3. The van der Waals surface area contributed by atoms with Gasteiger partial charge in [0.05, 0.1) is 0 Å². The van der Waals surface area contributed by atoms with Crippen molar-refractivity contribution < 1.29 is 39.6 Å². The van der Waals surface area contributed by atoms with Gasteiger partial charge in [-0.3, -0.25) is 9.88 Å². The molecule has 1 aromatic rings. The molecule has 1 aromatic heterocycles. The fraction of sp³-hybridized carbons (Fsp3) is 0.353. The van der Waals surface area contributed by atoms with Gasteiger partial charge in [0.1, 0.15) is 0 Å². The number of rotatable bonds is 1. The molecule has 3 aliphatic heterocycles. The molecule has 10 nitrogen and oxygen atoms in total. The Balaban J connectivity index is 0.000000256. The minimum atomic E-state index is -1.82. The first kappa shape index (κ1) is 21.8. The molecule has 0 saturated carbocycles. The molecule has 0 spiro atoms. The van der Waals surface area contributed by atoms with Gasteiger partial charge in [-0.2, -0.15) is 0 Å². The highest BCUT2D eigenvalue weighted by molar-refractivity contribution is 6.27. The van der Waals surface area contributed by atoms with Crippen LogP contribution in [0.2, 0.25) is 0 Å². The van der Waals surface area contributed by atoms with E-state index in [0.29, 0.717) is 0 Å². The Labute approximate surface area is 154 Å². The zero-order chi connectivity index (χ0) is 20.4. The number of carboxylic acids is 4. The number of piperidine rings is 3. The Hall–Kier alpha value is -3.27. The topological polar surface area (TPSA) is 165 Å². The number of carbonyl (C=O) groups is 4. The Morgan fingerprint density at radius 1 is 0.963 bits per heavy atom. The molecule has 4 heterocycles. The third kappa shape index (κ3) is 8.10. The molecule has 2 bridgehead atoms. The maximum atomic E-state index is 9.10. The van der Waals surface area contributed by atoms with Gasteiger partial charge in [-0.05, 0) is 43.5 Å². The van der Waals surface area contributed by atoms with E-state index in [1.807, 2.05) is 18.5 Å². The third-order valence-electron chi connectivity index (χ3n) is 3.92. The van der Waals surface area contributed by atoms with Crippen LogP contribution in [-0.4, -0.2) is 73.8 Å². The summed E-state index contributed by atoms with van der Waals surface area (Å²) in [6.45, 7) is 3.78. The summed E-state index contributed by atoms with van der Waals surface area (Å²) in [5, 5.41) is 29.6. The second-order valence-electron chi connectivity index (χ2n) is 5.78. The first-order chi connectivity index (χ1) is 12.7. The van der Waals surface area contributed by atoms with Crippen molar-refractivity contribution in [2.24, 2.45) is 5.92 Å². The molecule has 0 aliphatic carbocycles. The molecule has 10 heteroatoms. The molecule has 3 saturated heterocycles. The minimum absolute atomic E-state index is 0.843. The van der Waals surface area contributed by atoms with Crippen molar-refractivity contribution in [1.29, 1.82) is 0 Å². The highest BCUT2D eigenvalue weighted by atomic mass is 16.4. The van der Waals surface area contributed by atoms with Crippen LogP contribution in [-0.2, 0) is 19.2 Å². The van der Waals surface area contributed by atoms with Gasteiger partial charge in [0.15, 0.2) is 0 Å². The van der Waals surface area contributed by atoms with Crippen molar-refractivity contribution in [3.05, 3.63) is 35.7 Å². The quantitative estimate of drug-likeness (QED) is 0.504. The number of aromatic nitrogens is 1. The van der Waals surface area contributed by atoms with Crippen LogP contribution in [0, 0.1) is 5.92 Å². The highest BCUT2D eigenvalue weighted by Gasteiger charge is 2.29. The van der Waals surface area contributed by atoms with E-state index >= 15 is 0 Å². The van der Waals surface area contributed by atoms with Crippen molar-refractivity contribution in [3.63, 3.8) is 0 Å². The Bertz CT molecular complexity index is 661. The predicted octanol–water partition coefficient (Wildman–Crippen LogP) is 0.502. The molecule has 27 heavy (non-hydrogen) atoms. The van der Waals surface area contributed by atoms with Crippen LogP contribution in [0.1, 0.15) is 18.4 Å². The van der Waals surface area contributed by atoms with Gasteiger partial charge in [-0.25, -0.2) is 19.2 Å². The standard InChI is InChI=1S/C13H16N2.2C2H2O4/c1-2-11(9-14-5-1)8-13-10-15-6-3-12(13)4-7-15;2*3-1(4)2(5)6/h1-2,5,8-9,12H,3-4,6-7,10H2;2*(H,3,4)(H,5,6)/b13-8-;;. The van der Waals surface area contributed by atoms with Crippen LogP contribution in [0.15, 0.2) is 30.1 Å². The molecule has 4 N–H and O–H groups in total. The van der Waals surface area contributed by atoms with Crippen LogP contribution in [0.25, 0.3) is 6.08 Å². The van der Waals surface area contributed by atoms with Gasteiger partial charge < -0.3 is 20.4 Å². The van der Waals surface area contributed by atoms with Crippen LogP contribution < -0.4 is 0 Å². The van der Waals surface area contributed by atoms with E-state index in [0.717, 1.165) is 5.92 Å². The normalized spacial score (nSPS) is 21.1. The summed E-state index contributed by atoms with van der Waals surface area (Å²) in [7, 11) is 0. The SMILES string of the molecule is C(=C1\CN2CCC1CC2)/c1cccnc1.O=C(O)C(=O)O.O=C(O)C(=O)O. The van der Waals surface area contributed by atoms with Gasteiger partial charge in [-0.15, -0.1) is 0 Å². The summed E-state index contributed by atoms with van der Waals surface area (Å²) in [4.78, 5) is 43.1. The fourth-order valence-electron chi connectivity index (χ4n) is 2.69. The number of pyridine rings is 1. The maximum Gasteiger partial charge on any atom is 0.414 e. The van der Waals surface area contributed by atoms with Crippen molar-refractivity contribution >= 4 is 30.0 Å². The van der Waals surface area contributed by atoms with Crippen LogP contribution in [0.4, 0.5) is 0 Å². The average Bonchev–Trinajstić information content (AvgIpc) is 2.64. The summed E-state index contributed by atoms with van der Waals surface area (Å²) in [6.07, 6.45) is 8.82. The lowest BCUT2D eigenvalue weighted by Gasteiger charge is -2.41. The summed E-state index contributed by atoms with van der Waals surface area (Å²) >= 11 is 0. The lowest BCUT2D eigenvalue weighted by atomic mass is 9.83. The maximum absolute atomic E-state index is 9.10. The molecule has 0 atom stereocenters. The van der Waals surface area contributed by atoms with Crippen LogP contribution >= 0.6 is 0 Å². The molecule has 0 unspecified atom stereocenters. The van der Waals surface area contributed by atoms with Crippen LogP contribution in [0.3, 0.4) is 0 Å². The second kappa shape index (κ2) is 10.7. The molecule has 146 valence electrons. The molecule has 0 amide bonds. The summed E-state index contributed by atoms with van der Waals surface area (Å²) in [5.74, 6) is -6.45. The van der Waals surface area contributed by atoms with Gasteiger partial charge in [0.25, 0.3) is 0 Å². The zero-order valence-corrected chi connectivity index (χ0v) is 14.3. The second-order valence-corrected chi connectivity index (χ2v) is 5.78. The lowest BCUT2D eigenvalue weighted by Crippen LogP contribution is -2.42. The van der Waals surface area contributed by atoms with Crippen molar-refractivity contribution in [1.82, 2.24) is 9.88 Å². The van der Waals surface area contributed by atoms with E-state index in [9.17, 15) is 0 Å². The number of carboxylic acid groups (broad SMARTS) is 4. The number of fused-ring (bicyclic) bond motifs is 3. The Kier molecular flexibility index (Phi) is 8.60. The van der Waals surface area contributed by atoms with E-state index in [1.54, 1.807) is 5.57 Å². The van der Waals surface area contributed by atoms with Gasteiger partial charge >= 0.3 is 23.9 Å². The number of hydrogen-bond donors (Lipinski definition) is 4.